The maximum atomic E-state index is 12.5. The summed E-state index contributed by atoms with van der Waals surface area (Å²) in [6.45, 7) is 16.5. The monoisotopic (exact) mass is 1700 g/mol. The van der Waals surface area contributed by atoms with Gasteiger partial charge in [-0.3, -0.25) is 39.9 Å². The number of aromatic nitrogens is 8. The van der Waals surface area contributed by atoms with Crippen molar-refractivity contribution in [1.29, 1.82) is 0 Å². The van der Waals surface area contributed by atoms with Crippen molar-refractivity contribution in [3.8, 4) is 0 Å². The minimum absolute atomic E-state index is 0.0794. The largest absolute Gasteiger partial charge is 0.381 e. The first-order valence-corrected chi connectivity index (χ1v) is 48.1. The first-order valence-electron chi connectivity index (χ1n) is 40.6. The quantitative estimate of drug-likeness (QED) is 0.0216. The SMILES string of the molecule is Cc1nnc(CC(=O)c2cc([C@H]3C[C@@H]3NC3CCC3)c(C)s2)s1.Cc1nnc(NC(=O)c2cc(C3CC3NCC3CC3)sc2C)s1.Cc1nnc(NC(=O)c2cc([C@@H]3C[C@H]3NC3CCC3)cs2)s1.Cc1nnc(NC(=O)c2csc(C3CC3NC3CCC3)c2)s1.Cc1sc(C(=O)NC2CCOCC2)cc1[C@@H]1C[C@H]1NC1CCC1. The fourth-order valence-electron chi connectivity index (χ4n) is 15.3. The zero-order valence-electron chi connectivity index (χ0n) is 65.2. The summed E-state index contributed by atoms with van der Waals surface area (Å²) in [4.78, 5) is 70.6. The second kappa shape index (κ2) is 36.5. The van der Waals surface area contributed by atoms with E-state index in [9.17, 15) is 24.0 Å². The summed E-state index contributed by atoms with van der Waals surface area (Å²) in [6, 6.07) is 16.7. The second-order valence-corrected chi connectivity index (χ2v) is 43.0. The molecule has 4 amide bonds. The second-order valence-electron chi connectivity index (χ2n) is 32.5. The zero-order valence-corrected chi connectivity index (χ0v) is 72.5. The van der Waals surface area contributed by atoms with Crippen molar-refractivity contribution in [2.24, 2.45) is 5.92 Å². The summed E-state index contributed by atoms with van der Waals surface area (Å²) in [7, 11) is 0. The van der Waals surface area contributed by atoms with Gasteiger partial charge >= 0.3 is 0 Å². The Hall–Kier alpha value is -5.95. The van der Waals surface area contributed by atoms with Gasteiger partial charge in [0.1, 0.15) is 25.0 Å². The lowest BCUT2D eigenvalue weighted by Gasteiger charge is -2.26. The number of Topliss-reactive ketones (excluding diaryl/α,β-unsaturated/α-hetero) is 1. The minimum Gasteiger partial charge on any atom is -0.381 e. The van der Waals surface area contributed by atoms with Crippen molar-refractivity contribution in [3.05, 3.63) is 133 Å². The molecule has 9 aromatic heterocycles. The molecule has 10 aliphatic carbocycles. The molecule has 1 aliphatic heterocycles. The predicted molar refractivity (Wildman–Crippen MR) is 457 cm³/mol. The molecule has 602 valence electrons. The van der Waals surface area contributed by atoms with E-state index in [0.717, 1.165) is 118 Å². The van der Waals surface area contributed by atoms with Gasteiger partial charge < -0.3 is 36.6 Å². The zero-order chi connectivity index (χ0) is 78.0. The number of hydrogen-bond acceptors (Lipinski definition) is 28. The highest BCUT2D eigenvalue weighted by atomic mass is 32.1. The van der Waals surface area contributed by atoms with Crippen LogP contribution in [0, 0.1) is 54.4 Å². The summed E-state index contributed by atoms with van der Waals surface area (Å²) in [5.41, 5.74) is 5.56. The molecular weight excluding hydrogens is 1600 g/mol. The van der Waals surface area contributed by atoms with Crippen molar-refractivity contribution in [3.63, 3.8) is 0 Å². The van der Waals surface area contributed by atoms with Crippen molar-refractivity contribution >= 4 is 147 Å². The van der Waals surface area contributed by atoms with E-state index in [4.69, 9.17) is 4.74 Å². The number of carbonyl (C=O) groups is 5. The fraction of sp³-hybridized carbons (Fsp3) is 0.593. The Morgan fingerprint density at radius 2 is 0.894 bits per heavy atom. The van der Waals surface area contributed by atoms with Crippen LogP contribution in [-0.2, 0) is 11.2 Å². The molecule has 10 heterocycles. The first kappa shape index (κ1) is 80.8. The Morgan fingerprint density at radius 1 is 0.407 bits per heavy atom. The summed E-state index contributed by atoms with van der Waals surface area (Å²) in [5.74, 6) is 3.92. The summed E-state index contributed by atoms with van der Waals surface area (Å²) < 4.78 is 5.35. The minimum atomic E-state index is -0.0946. The number of ketones is 1. The normalized spacial score (nSPS) is 24.7. The van der Waals surface area contributed by atoms with Gasteiger partial charge in [-0.15, -0.1) is 109 Å². The number of nitrogens with zero attached hydrogens (tertiary/aromatic N) is 8. The van der Waals surface area contributed by atoms with E-state index >= 15 is 0 Å². The van der Waals surface area contributed by atoms with E-state index in [2.05, 4.69) is 126 Å². The standard InChI is InChI=1S/C18H26N2O2S.C17H21N3OS2.C16H20N4OS2.2C15H18N4OS2/c1-11-14(15-9-16(15)19-12-3-2-4-12)10-17(23-11)18(21)20-13-5-7-22-8-6-13;1-9-12(13-6-14(13)18-11-4-3-5-11)7-16(22-9)15(21)8-17-20-19-10(2)23-17;1-8-11(15(21)18-16-20-19-9(2)23-16)6-14(22-8)12-5-13(12)17-7-10-3-4-10;1-8-18-19-15(22-8)17-14(20)9-5-13(21-7-9)11-6-12(11)16-10-3-2-4-10;1-8-18-19-15(22-8)17-14(20)13-5-9(7-21-13)11-6-12(11)16-10-3-2-4-10/h10,12-13,15-16,19H,2-9H2,1H3,(H,20,21);7,11,13-14,18H,3-6,8H2,1-2H3;6,10,12-13,17H,3-5,7H2,1-2H3,(H,18,20,21);2*5,7,10-12,16H,2-4,6H2,1H3,(H,17,19,20)/t15-,16+;13-,14+;;;11-,12+/m01..0/s1. The Morgan fingerprint density at radius 3 is 1.42 bits per heavy atom. The van der Waals surface area contributed by atoms with Crippen LogP contribution in [0.3, 0.4) is 0 Å². The number of nitrogens with one attached hydrogen (secondary N) is 9. The van der Waals surface area contributed by atoms with Gasteiger partial charge in [0.05, 0.1) is 32.2 Å². The third-order valence-corrected chi connectivity index (χ3v) is 32.0. The molecule has 0 radical (unpaired) electrons. The van der Waals surface area contributed by atoms with E-state index in [1.807, 2.05) is 52.1 Å². The third kappa shape index (κ3) is 21.7. The Balaban J connectivity index is 0.000000107. The highest BCUT2D eigenvalue weighted by Gasteiger charge is 2.46. The topological polar surface area (TPSA) is 306 Å². The molecular formula is C81H103N17O6S9. The Bertz CT molecular complexity index is 4670. The molecule has 10 atom stereocenters. The molecule has 11 fully saturated rings. The van der Waals surface area contributed by atoms with Gasteiger partial charge in [0, 0.05) is 133 Å². The molecule has 9 aromatic rings. The molecule has 9 N–H and O–H groups in total. The van der Waals surface area contributed by atoms with Crippen LogP contribution in [0.4, 0.5) is 15.4 Å². The highest BCUT2D eigenvalue weighted by Crippen LogP contribution is 2.50. The molecule has 32 heteroatoms. The van der Waals surface area contributed by atoms with Gasteiger partial charge in [0.25, 0.3) is 23.6 Å². The van der Waals surface area contributed by atoms with Gasteiger partial charge in [-0.05, 0) is 222 Å². The number of aryl methyl sites for hydroxylation is 7. The molecule has 0 spiro atoms. The van der Waals surface area contributed by atoms with E-state index in [1.165, 1.54) is 215 Å². The van der Waals surface area contributed by atoms with Crippen LogP contribution in [0.5, 0.6) is 0 Å². The van der Waals surface area contributed by atoms with Crippen LogP contribution < -0.4 is 47.9 Å². The van der Waals surface area contributed by atoms with Gasteiger partial charge in [0.15, 0.2) is 5.78 Å². The molecule has 0 aromatic carbocycles. The van der Waals surface area contributed by atoms with Crippen LogP contribution >= 0.6 is 102 Å². The van der Waals surface area contributed by atoms with Crippen molar-refractivity contribution in [2.45, 2.75) is 280 Å². The van der Waals surface area contributed by atoms with E-state index < -0.39 is 0 Å². The van der Waals surface area contributed by atoms with Crippen LogP contribution in [0.1, 0.15) is 280 Å². The molecule has 23 nitrogen and oxygen atoms in total. The Labute approximate surface area is 696 Å². The lowest BCUT2D eigenvalue weighted by molar-refractivity contribution is 0.0697. The van der Waals surface area contributed by atoms with E-state index in [-0.39, 0.29) is 35.5 Å². The number of ether oxygens (including phenoxy) is 1. The average Bonchev–Trinajstić information content (AvgIpc) is 1.65. The van der Waals surface area contributed by atoms with Crippen LogP contribution in [0.15, 0.2) is 41.1 Å². The molecule has 20 rings (SSSR count). The number of anilines is 3. The fourth-order valence-corrected chi connectivity index (χ4v) is 22.9. The number of thiophene rings is 5. The average molecular weight is 1700 g/mol. The van der Waals surface area contributed by atoms with Crippen molar-refractivity contribution < 1.29 is 28.7 Å². The van der Waals surface area contributed by atoms with Crippen LogP contribution in [0.2, 0.25) is 0 Å². The Kier molecular flexibility index (Phi) is 26.1. The number of amides is 4. The summed E-state index contributed by atoms with van der Waals surface area (Å²) in [6.07, 6.45) is 27.2. The van der Waals surface area contributed by atoms with E-state index in [0.29, 0.717) is 81.6 Å². The van der Waals surface area contributed by atoms with Gasteiger partial charge in [-0.1, -0.05) is 59.7 Å². The van der Waals surface area contributed by atoms with Crippen LogP contribution in [-0.4, -0.2) is 150 Å². The highest BCUT2D eigenvalue weighted by molar-refractivity contribution is 7.17. The molecule has 4 unspecified atom stereocenters. The van der Waals surface area contributed by atoms with E-state index in [1.54, 1.807) is 45.3 Å². The third-order valence-electron chi connectivity index (χ3n) is 23.5. The maximum absolute atomic E-state index is 12.5. The smallest absolute Gasteiger partial charge is 0.267 e. The lowest BCUT2D eigenvalue weighted by atomic mass is 9.93. The van der Waals surface area contributed by atoms with Crippen LogP contribution in [0.25, 0.3) is 0 Å². The molecule has 11 aliphatic rings. The lowest BCUT2D eigenvalue weighted by Crippen LogP contribution is -2.38. The first-order chi connectivity index (χ1) is 54.8. The number of hydrogen-bond donors (Lipinski definition) is 9. The molecule has 10 saturated carbocycles. The summed E-state index contributed by atoms with van der Waals surface area (Å²) in [5, 5.41) is 71.9. The summed E-state index contributed by atoms with van der Waals surface area (Å²) >= 11 is 13.9. The van der Waals surface area contributed by atoms with Gasteiger partial charge in [-0.25, -0.2) is 0 Å². The molecule has 113 heavy (non-hydrogen) atoms. The van der Waals surface area contributed by atoms with Gasteiger partial charge in [-0.2, -0.15) is 0 Å². The molecule has 0 bridgehead atoms. The van der Waals surface area contributed by atoms with Crippen molar-refractivity contribution in [1.82, 2.24) is 72.7 Å². The predicted octanol–water partition coefficient (Wildman–Crippen LogP) is 16.2. The number of rotatable bonds is 27. The van der Waals surface area contributed by atoms with Gasteiger partial charge in [0.2, 0.25) is 15.4 Å². The maximum Gasteiger partial charge on any atom is 0.267 e. The molecule has 1 saturated heterocycles. The van der Waals surface area contributed by atoms with Crippen molar-refractivity contribution in [2.75, 3.05) is 35.7 Å². The number of carbonyl (C=O) groups excluding carboxylic acids is 5.